The zero-order valence-corrected chi connectivity index (χ0v) is 10.0. The predicted octanol–water partition coefficient (Wildman–Crippen LogP) is 1.82. The van der Waals surface area contributed by atoms with Gasteiger partial charge >= 0.3 is 0 Å². The van der Waals surface area contributed by atoms with E-state index in [1.54, 1.807) is 18.0 Å². The molecule has 2 N–H and O–H groups in total. The van der Waals surface area contributed by atoms with Gasteiger partial charge in [-0.2, -0.15) is 5.10 Å². The fourth-order valence-electron chi connectivity index (χ4n) is 2.01. The number of aromatic nitrogens is 3. The molecule has 6 heteroatoms. The lowest BCUT2D eigenvalue weighted by Crippen LogP contribution is -1.88. The quantitative estimate of drug-likeness (QED) is 0.743. The van der Waals surface area contributed by atoms with E-state index < -0.39 is 0 Å². The minimum atomic E-state index is 0.257. The van der Waals surface area contributed by atoms with E-state index in [9.17, 15) is 0 Å². The van der Waals surface area contributed by atoms with E-state index in [1.165, 1.54) is 0 Å². The number of nitrogens with zero attached hydrogens (tertiary/aromatic N) is 3. The minimum absolute atomic E-state index is 0.257. The molecule has 0 fully saturated rings. The number of nitrogen functional groups attached to an aromatic ring is 1. The number of rotatable bonds is 2. The fraction of sp³-hybridized carbons (Fsp3) is 0.167. The zero-order chi connectivity index (χ0) is 12.7. The second-order valence-corrected chi connectivity index (χ2v) is 3.99. The molecule has 0 amide bonds. The van der Waals surface area contributed by atoms with Gasteiger partial charge in [-0.3, -0.25) is 4.68 Å². The van der Waals surface area contributed by atoms with Crippen LogP contribution in [0.5, 0.6) is 5.75 Å². The molecule has 1 aromatic carbocycles. The molecule has 2 heterocycles. The predicted molar refractivity (Wildman–Crippen MR) is 67.2 cm³/mol. The summed E-state index contributed by atoms with van der Waals surface area (Å²) in [6, 6.07) is 3.76. The molecule has 0 saturated heterocycles. The molecule has 0 aliphatic rings. The van der Waals surface area contributed by atoms with Gasteiger partial charge in [-0.05, 0) is 12.1 Å². The first-order valence-corrected chi connectivity index (χ1v) is 5.41. The number of nitrogens with two attached hydrogens (primary N) is 1. The number of hydrogen-bond donors (Lipinski definition) is 1. The summed E-state index contributed by atoms with van der Waals surface area (Å²) in [7, 11) is 3.45. The van der Waals surface area contributed by atoms with Crippen molar-refractivity contribution in [3.8, 4) is 16.9 Å². The summed E-state index contributed by atoms with van der Waals surface area (Å²) in [5.74, 6) is 0.906. The maximum atomic E-state index is 5.77. The monoisotopic (exact) mass is 244 g/mol. The van der Waals surface area contributed by atoms with Crippen LogP contribution in [0.1, 0.15) is 0 Å². The van der Waals surface area contributed by atoms with Crippen molar-refractivity contribution in [3.63, 3.8) is 0 Å². The highest BCUT2D eigenvalue weighted by Crippen LogP contribution is 2.36. The van der Waals surface area contributed by atoms with Crippen LogP contribution in [0.3, 0.4) is 0 Å². The summed E-state index contributed by atoms with van der Waals surface area (Å²) in [5, 5.41) is 8.83. The second-order valence-electron chi connectivity index (χ2n) is 3.99. The molecule has 0 radical (unpaired) electrons. The van der Waals surface area contributed by atoms with E-state index in [0.29, 0.717) is 16.7 Å². The lowest BCUT2D eigenvalue weighted by Gasteiger charge is -2.03. The van der Waals surface area contributed by atoms with Gasteiger partial charge in [0.15, 0.2) is 0 Å². The van der Waals surface area contributed by atoms with E-state index >= 15 is 0 Å². The van der Waals surface area contributed by atoms with Gasteiger partial charge in [0.05, 0.1) is 13.3 Å². The van der Waals surface area contributed by atoms with E-state index in [4.69, 9.17) is 15.0 Å². The van der Waals surface area contributed by atoms with Crippen molar-refractivity contribution in [2.75, 3.05) is 12.8 Å². The SMILES string of the molecule is COc1ccc(-c2cnn(C)c2)c2noc(N)c12. The summed E-state index contributed by atoms with van der Waals surface area (Å²) in [6.07, 6.45) is 3.68. The number of fused-ring (bicyclic) bond motifs is 1. The number of ether oxygens (including phenoxy) is 1. The lowest BCUT2D eigenvalue weighted by molar-refractivity contribution is 0.418. The summed E-state index contributed by atoms with van der Waals surface area (Å²) in [4.78, 5) is 0. The maximum absolute atomic E-state index is 5.77. The molecule has 0 aliphatic carbocycles. The van der Waals surface area contributed by atoms with Crippen molar-refractivity contribution in [2.24, 2.45) is 7.05 Å². The number of hydrogen-bond acceptors (Lipinski definition) is 5. The summed E-state index contributed by atoms with van der Waals surface area (Å²) >= 11 is 0. The van der Waals surface area contributed by atoms with Crippen LogP contribution < -0.4 is 10.5 Å². The van der Waals surface area contributed by atoms with Crippen molar-refractivity contribution in [2.45, 2.75) is 0 Å². The van der Waals surface area contributed by atoms with Crippen LogP contribution in [0.15, 0.2) is 29.0 Å². The average molecular weight is 244 g/mol. The Bertz CT molecular complexity index is 714. The standard InChI is InChI=1S/C12H12N4O2/c1-16-6-7(5-14-16)8-3-4-9(17-2)10-11(8)15-18-12(10)13/h3-6H,13H2,1-2H3. The van der Waals surface area contributed by atoms with Gasteiger partial charge in [0.1, 0.15) is 16.7 Å². The molecule has 0 aliphatic heterocycles. The van der Waals surface area contributed by atoms with Crippen LogP contribution in [-0.4, -0.2) is 22.0 Å². The molecular formula is C12H12N4O2. The topological polar surface area (TPSA) is 79.1 Å². The highest BCUT2D eigenvalue weighted by Gasteiger charge is 2.16. The van der Waals surface area contributed by atoms with Crippen molar-refractivity contribution in [3.05, 3.63) is 24.5 Å². The molecule has 0 bridgehead atoms. The second kappa shape index (κ2) is 3.76. The Labute approximate surface area is 103 Å². The summed E-state index contributed by atoms with van der Waals surface area (Å²) in [6.45, 7) is 0. The van der Waals surface area contributed by atoms with Gasteiger partial charge in [0, 0.05) is 24.4 Å². The van der Waals surface area contributed by atoms with E-state index in [2.05, 4.69) is 10.3 Å². The van der Waals surface area contributed by atoms with Crippen molar-refractivity contribution in [1.29, 1.82) is 0 Å². The Kier molecular flexibility index (Phi) is 2.22. The van der Waals surface area contributed by atoms with Crippen LogP contribution in [-0.2, 0) is 7.05 Å². The van der Waals surface area contributed by atoms with Gasteiger partial charge in [0.25, 0.3) is 0 Å². The Hall–Kier alpha value is -2.50. The molecule has 2 aromatic heterocycles. The Morgan fingerprint density at radius 3 is 2.89 bits per heavy atom. The smallest absolute Gasteiger partial charge is 0.233 e. The Morgan fingerprint density at radius 2 is 2.22 bits per heavy atom. The van der Waals surface area contributed by atoms with Gasteiger partial charge in [0.2, 0.25) is 5.88 Å². The molecular weight excluding hydrogens is 232 g/mol. The number of methoxy groups -OCH3 is 1. The van der Waals surface area contributed by atoms with Crippen LogP contribution in [0, 0.1) is 0 Å². The molecule has 18 heavy (non-hydrogen) atoms. The molecule has 0 atom stereocenters. The maximum Gasteiger partial charge on any atom is 0.233 e. The van der Waals surface area contributed by atoms with Gasteiger partial charge < -0.3 is 15.0 Å². The van der Waals surface area contributed by atoms with Crippen molar-refractivity contribution < 1.29 is 9.26 Å². The van der Waals surface area contributed by atoms with E-state index in [1.807, 2.05) is 25.4 Å². The average Bonchev–Trinajstić information content (AvgIpc) is 2.96. The summed E-state index contributed by atoms with van der Waals surface area (Å²) in [5.41, 5.74) is 8.33. The third kappa shape index (κ3) is 1.42. The van der Waals surface area contributed by atoms with E-state index in [0.717, 1.165) is 11.1 Å². The van der Waals surface area contributed by atoms with Gasteiger partial charge in [-0.15, -0.1) is 0 Å². The number of aryl methyl sites for hydroxylation is 1. The number of anilines is 1. The van der Waals surface area contributed by atoms with Crippen LogP contribution >= 0.6 is 0 Å². The molecule has 0 unspecified atom stereocenters. The van der Waals surface area contributed by atoms with Gasteiger partial charge in [-0.1, -0.05) is 5.16 Å². The van der Waals surface area contributed by atoms with Crippen LogP contribution in [0.2, 0.25) is 0 Å². The van der Waals surface area contributed by atoms with E-state index in [-0.39, 0.29) is 5.88 Å². The lowest BCUT2D eigenvalue weighted by atomic mass is 10.1. The molecule has 0 spiro atoms. The zero-order valence-electron chi connectivity index (χ0n) is 10.0. The molecule has 3 aromatic rings. The third-order valence-electron chi connectivity index (χ3n) is 2.86. The number of benzene rings is 1. The molecule has 6 nitrogen and oxygen atoms in total. The minimum Gasteiger partial charge on any atom is -0.496 e. The van der Waals surface area contributed by atoms with Crippen molar-refractivity contribution in [1.82, 2.24) is 14.9 Å². The molecule has 92 valence electrons. The first-order chi connectivity index (χ1) is 8.70. The largest absolute Gasteiger partial charge is 0.496 e. The molecule has 3 rings (SSSR count). The highest BCUT2D eigenvalue weighted by molar-refractivity contribution is 6.02. The fourth-order valence-corrected chi connectivity index (χ4v) is 2.01. The third-order valence-corrected chi connectivity index (χ3v) is 2.86. The normalized spacial score (nSPS) is 11.0. The van der Waals surface area contributed by atoms with Crippen LogP contribution in [0.25, 0.3) is 22.0 Å². The molecule has 0 saturated carbocycles. The van der Waals surface area contributed by atoms with Gasteiger partial charge in [-0.25, -0.2) is 0 Å². The highest BCUT2D eigenvalue weighted by atomic mass is 16.5. The van der Waals surface area contributed by atoms with Crippen LogP contribution in [0.4, 0.5) is 5.88 Å². The van der Waals surface area contributed by atoms with Crippen molar-refractivity contribution >= 4 is 16.8 Å². The Balaban J connectivity index is 2.32. The first kappa shape index (κ1) is 10.6. The summed E-state index contributed by atoms with van der Waals surface area (Å²) < 4.78 is 12.0. The Morgan fingerprint density at radius 1 is 1.39 bits per heavy atom. The first-order valence-electron chi connectivity index (χ1n) is 5.41.